The Balaban J connectivity index is 1.85. The Morgan fingerprint density at radius 1 is 1.53 bits per heavy atom. The second-order valence-electron chi connectivity index (χ2n) is 5.38. The Morgan fingerprint density at radius 2 is 2.33 bits per heavy atom. The molecule has 0 amide bonds. The topological polar surface area (TPSA) is 51.0 Å². The molecule has 1 N–H and O–H groups in total. The number of nitrogens with zero attached hydrogens (tertiary/aromatic N) is 2. The Labute approximate surface area is 90.4 Å². The van der Waals surface area contributed by atoms with Gasteiger partial charge in [0.2, 0.25) is 6.39 Å². The van der Waals surface area contributed by atoms with Crippen LogP contribution in [0.4, 0.5) is 0 Å². The molecule has 15 heavy (non-hydrogen) atoms. The highest BCUT2D eigenvalue weighted by Gasteiger charge is 2.36. The number of rotatable bonds is 3. The van der Waals surface area contributed by atoms with Crippen LogP contribution < -0.4 is 5.32 Å². The minimum atomic E-state index is 0.467. The molecular formula is C11H19N3O. The molecular weight excluding hydrogens is 190 g/mol. The van der Waals surface area contributed by atoms with Crippen LogP contribution in [0.1, 0.15) is 39.4 Å². The van der Waals surface area contributed by atoms with Crippen molar-refractivity contribution in [1.29, 1.82) is 0 Å². The molecule has 2 atom stereocenters. The number of nitrogens with one attached hydrogen (secondary N) is 1. The second kappa shape index (κ2) is 3.93. The summed E-state index contributed by atoms with van der Waals surface area (Å²) in [5.74, 6) is 1.47. The van der Waals surface area contributed by atoms with E-state index >= 15 is 0 Å². The smallest absolute Gasteiger partial charge is 0.213 e. The van der Waals surface area contributed by atoms with Crippen LogP contribution in [0.25, 0.3) is 0 Å². The highest BCUT2D eigenvalue weighted by molar-refractivity contribution is 4.92. The molecule has 4 heteroatoms. The minimum Gasteiger partial charge on any atom is -0.343 e. The third-order valence-corrected chi connectivity index (χ3v) is 3.26. The van der Waals surface area contributed by atoms with Gasteiger partial charge in [-0.15, -0.1) is 0 Å². The second-order valence-corrected chi connectivity index (χ2v) is 5.38. The Morgan fingerprint density at radius 3 is 2.87 bits per heavy atom. The molecule has 0 radical (unpaired) electrons. The van der Waals surface area contributed by atoms with E-state index in [-0.39, 0.29) is 0 Å². The summed E-state index contributed by atoms with van der Waals surface area (Å²) in [6, 6.07) is 0.582. The fourth-order valence-electron chi connectivity index (χ4n) is 2.66. The molecule has 0 saturated heterocycles. The van der Waals surface area contributed by atoms with Crippen LogP contribution in [-0.2, 0) is 6.54 Å². The largest absolute Gasteiger partial charge is 0.343 e. The highest BCUT2D eigenvalue weighted by Crippen LogP contribution is 2.40. The average Bonchev–Trinajstić information content (AvgIpc) is 2.70. The van der Waals surface area contributed by atoms with E-state index in [2.05, 4.69) is 36.2 Å². The first-order valence-corrected chi connectivity index (χ1v) is 5.55. The minimum absolute atomic E-state index is 0.467. The van der Waals surface area contributed by atoms with Crippen molar-refractivity contribution in [3.05, 3.63) is 12.2 Å². The van der Waals surface area contributed by atoms with Crippen molar-refractivity contribution in [1.82, 2.24) is 15.5 Å². The van der Waals surface area contributed by atoms with Gasteiger partial charge in [0, 0.05) is 6.04 Å². The first-order valence-electron chi connectivity index (χ1n) is 5.55. The average molecular weight is 209 g/mol. The normalized spacial score (nSPS) is 29.5. The van der Waals surface area contributed by atoms with Crippen molar-refractivity contribution in [2.75, 3.05) is 0 Å². The maximum Gasteiger partial charge on any atom is 0.213 e. The van der Waals surface area contributed by atoms with Crippen LogP contribution in [0.3, 0.4) is 0 Å². The molecule has 0 spiro atoms. The van der Waals surface area contributed by atoms with Gasteiger partial charge in [-0.25, -0.2) is 0 Å². The van der Waals surface area contributed by atoms with E-state index < -0.39 is 0 Å². The van der Waals surface area contributed by atoms with Crippen molar-refractivity contribution in [3.8, 4) is 0 Å². The summed E-state index contributed by atoms with van der Waals surface area (Å²) in [6.07, 6.45) is 3.89. The molecule has 0 aromatic carbocycles. The van der Waals surface area contributed by atoms with Gasteiger partial charge in [-0.3, -0.25) is 0 Å². The third kappa shape index (κ3) is 2.56. The number of aromatic nitrogens is 2. The number of hydrogen-bond donors (Lipinski definition) is 1. The van der Waals surface area contributed by atoms with Crippen molar-refractivity contribution in [2.45, 2.75) is 46.2 Å². The van der Waals surface area contributed by atoms with E-state index in [1.54, 1.807) is 0 Å². The molecule has 1 fully saturated rings. The van der Waals surface area contributed by atoms with E-state index in [1.807, 2.05) is 0 Å². The summed E-state index contributed by atoms with van der Waals surface area (Å²) < 4.78 is 4.70. The lowest BCUT2D eigenvalue weighted by molar-refractivity contribution is 0.360. The molecule has 2 rings (SSSR count). The summed E-state index contributed by atoms with van der Waals surface area (Å²) in [7, 11) is 0. The first-order chi connectivity index (χ1) is 7.07. The van der Waals surface area contributed by atoms with Gasteiger partial charge in [0.25, 0.3) is 0 Å². The van der Waals surface area contributed by atoms with Crippen molar-refractivity contribution >= 4 is 0 Å². The Bertz CT molecular complexity index is 308. The van der Waals surface area contributed by atoms with Gasteiger partial charge in [0.15, 0.2) is 5.82 Å². The summed E-state index contributed by atoms with van der Waals surface area (Å²) in [5, 5.41) is 7.29. The lowest BCUT2D eigenvalue weighted by atomic mass is 9.91. The lowest BCUT2D eigenvalue weighted by Gasteiger charge is -2.17. The van der Waals surface area contributed by atoms with E-state index in [0.717, 1.165) is 11.7 Å². The van der Waals surface area contributed by atoms with Crippen molar-refractivity contribution < 1.29 is 4.52 Å². The van der Waals surface area contributed by atoms with Gasteiger partial charge in [-0.05, 0) is 24.2 Å². The predicted octanol–water partition coefficient (Wildman–Crippen LogP) is 1.98. The fourth-order valence-corrected chi connectivity index (χ4v) is 2.66. The molecule has 0 aliphatic heterocycles. The zero-order valence-corrected chi connectivity index (χ0v) is 9.66. The van der Waals surface area contributed by atoms with Crippen LogP contribution >= 0.6 is 0 Å². The fraction of sp³-hybridized carbons (Fsp3) is 0.818. The molecule has 4 nitrogen and oxygen atoms in total. The van der Waals surface area contributed by atoms with Gasteiger partial charge in [0.1, 0.15) is 0 Å². The summed E-state index contributed by atoms with van der Waals surface area (Å²) in [4.78, 5) is 4.00. The Hall–Kier alpha value is -0.900. The van der Waals surface area contributed by atoms with Crippen molar-refractivity contribution in [3.63, 3.8) is 0 Å². The van der Waals surface area contributed by atoms with Gasteiger partial charge < -0.3 is 9.84 Å². The van der Waals surface area contributed by atoms with Crippen LogP contribution in [0, 0.1) is 11.3 Å². The third-order valence-electron chi connectivity index (χ3n) is 3.26. The zero-order valence-electron chi connectivity index (χ0n) is 9.66. The lowest BCUT2D eigenvalue weighted by Crippen LogP contribution is -2.31. The SMILES string of the molecule is CC1CC(C)(C)CC1NCc1ncon1. The van der Waals surface area contributed by atoms with E-state index in [0.29, 0.717) is 18.0 Å². The molecule has 1 aliphatic carbocycles. The summed E-state index contributed by atoms with van der Waals surface area (Å²) in [6.45, 7) is 7.68. The molecule has 1 aromatic heterocycles. The Kier molecular flexibility index (Phi) is 2.78. The van der Waals surface area contributed by atoms with E-state index in [1.165, 1.54) is 19.2 Å². The van der Waals surface area contributed by atoms with E-state index in [9.17, 15) is 0 Å². The standard InChI is InChI=1S/C11H19N3O/c1-8-4-11(2,3)5-9(8)12-6-10-13-7-15-14-10/h7-9,12H,4-6H2,1-3H3. The predicted molar refractivity (Wildman–Crippen MR) is 57.1 cm³/mol. The number of hydrogen-bond acceptors (Lipinski definition) is 4. The van der Waals surface area contributed by atoms with Gasteiger partial charge in [-0.1, -0.05) is 25.9 Å². The van der Waals surface area contributed by atoms with Gasteiger partial charge in [-0.2, -0.15) is 4.98 Å². The van der Waals surface area contributed by atoms with Crippen LogP contribution in [-0.4, -0.2) is 16.2 Å². The molecule has 1 aliphatic rings. The first kappa shape index (κ1) is 10.6. The maximum absolute atomic E-state index is 4.70. The zero-order chi connectivity index (χ0) is 10.9. The van der Waals surface area contributed by atoms with Gasteiger partial charge in [0.05, 0.1) is 6.54 Å². The maximum atomic E-state index is 4.70. The molecule has 1 heterocycles. The van der Waals surface area contributed by atoms with Crippen LogP contribution in [0.15, 0.2) is 10.9 Å². The molecule has 2 unspecified atom stereocenters. The van der Waals surface area contributed by atoms with Gasteiger partial charge >= 0.3 is 0 Å². The van der Waals surface area contributed by atoms with Crippen LogP contribution in [0.2, 0.25) is 0 Å². The molecule has 1 aromatic rings. The molecule has 0 bridgehead atoms. The quantitative estimate of drug-likeness (QED) is 0.827. The van der Waals surface area contributed by atoms with E-state index in [4.69, 9.17) is 4.52 Å². The highest BCUT2D eigenvalue weighted by atomic mass is 16.5. The summed E-state index contributed by atoms with van der Waals surface area (Å²) >= 11 is 0. The molecule has 84 valence electrons. The molecule has 1 saturated carbocycles. The monoisotopic (exact) mass is 209 g/mol. The van der Waals surface area contributed by atoms with Crippen molar-refractivity contribution in [2.24, 2.45) is 11.3 Å². The van der Waals surface area contributed by atoms with Crippen LogP contribution in [0.5, 0.6) is 0 Å². The summed E-state index contributed by atoms with van der Waals surface area (Å²) in [5.41, 5.74) is 0.467.